The Morgan fingerprint density at radius 1 is 1.53 bits per heavy atom. The molecule has 1 aromatic rings. The number of nitrogens with zero attached hydrogens (tertiary/aromatic N) is 1. The quantitative estimate of drug-likeness (QED) is 0.837. The molecule has 0 bridgehead atoms. The summed E-state index contributed by atoms with van der Waals surface area (Å²) < 4.78 is 0. The molecule has 0 aromatic carbocycles. The van der Waals surface area contributed by atoms with Gasteiger partial charge in [-0.3, -0.25) is 4.79 Å². The van der Waals surface area contributed by atoms with Crippen molar-refractivity contribution in [2.75, 3.05) is 12.3 Å². The van der Waals surface area contributed by atoms with Crippen LogP contribution in [-0.4, -0.2) is 17.4 Å². The highest BCUT2D eigenvalue weighted by molar-refractivity contribution is 5.92. The summed E-state index contributed by atoms with van der Waals surface area (Å²) in [5.74, 6) is 1.32. The van der Waals surface area contributed by atoms with E-state index in [1.165, 1.54) is 25.5 Å². The molecule has 2 rings (SSSR count). The Bertz CT molecular complexity index is 388. The second kappa shape index (κ2) is 5.17. The summed E-state index contributed by atoms with van der Waals surface area (Å²) in [7, 11) is 0. The summed E-state index contributed by atoms with van der Waals surface area (Å²) in [5.41, 5.74) is 6.53. The monoisotopic (exact) mass is 233 g/mol. The van der Waals surface area contributed by atoms with Gasteiger partial charge in [-0.1, -0.05) is 13.3 Å². The van der Waals surface area contributed by atoms with E-state index in [0.717, 1.165) is 12.5 Å². The molecular weight excluding hydrogens is 214 g/mol. The Labute approximate surface area is 102 Å². The normalized spacial score (nSPS) is 23.6. The minimum absolute atomic E-state index is 0.107. The predicted molar refractivity (Wildman–Crippen MR) is 67.5 cm³/mol. The number of nitrogens with two attached hydrogens (primary N) is 1. The van der Waals surface area contributed by atoms with Crippen molar-refractivity contribution in [2.45, 2.75) is 26.2 Å². The molecule has 0 radical (unpaired) electrons. The van der Waals surface area contributed by atoms with E-state index in [0.29, 0.717) is 17.3 Å². The minimum atomic E-state index is -0.107. The van der Waals surface area contributed by atoms with Crippen LogP contribution < -0.4 is 11.1 Å². The van der Waals surface area contributed by atoms with E-state index in [1.807, 2.05) is 0 Å². The molecule has 2 atom stereocenters. The zero-order chi connectivity index (χ0) is 12.3. The Morgan fingerprint density at radius 2 is 2.35 bits per heavy atom. The third-order valence-corrected chi connectivity index (χ3v) is 3.37. The van der Waals surface area contributed by atoms with Gasteiger partial charge < -0.3 is 11.1 Å². The molecule has 17 heavy (non-hydrogen) atoms. The van der Waals surface area contributed by atoms with Gasteiger partial charge in [0, 0.05) is 6.54 Å². The Morgan fingerprint density at radius 3 is 2.94 bits per heavy atom. The van der Waals surface area contributed by atoms with Gasteiger partial charge in [0.25, 0.3) is 5.91 Å². The highest BCUT2D eigenvalue weighted by Gasteiger charge is 2.21. The summed E-state index contributed by atoms with van der Waals surface area (Å²) in [6, 6.07) is 3.35. The van der Waals surface area contributed by atoms with Crippen molar-refractivity contribution >= 4 is 11.6 Å². The molecule has 1 aromatic heterocycles. The number of carbonyl (C=O) groups excluding carboxylic acids is 1. The Balaban J connectivity index is 1.83. The number of nitrogens with one attached hydrogen (secondary N) is 1. The maximum absolute atomic E-state index is 11.8. The average molecular weight is 233 g/mol. The molecule has 4 heteroatoms. The zero-order valence-electron chi connectivity index (χ0n) is 10.1. The Kier molecular flexibility index (Phi) is 3.61. The SMILES string of the molecule is CC1CCC(CNC(=O)c2ccc(N)cn2)C1. The number of anilines is 1. The van der Waals surface area contributed by atoms with E-state index in [2.05, 4.69) is 17.2 Å². The van der Waals surface area contributed by atoms with Crippen LogP contribution in [0.4, 0.5) is 5.69 Å². The third kappa shape index (κ3) is 3.19. The molecule has 1 aliphatic rings. The van der Waals surface area contributed by atoms with Crippen molar-refractivity contribution in [3.05, 3.63) is 24.0 Å². The highest BCUT2D eigenvalue weighted by Crippen LogP contribution is 2.29. The number of carbonyl (C=O) groups is 1. The number of rotatable bonds is 3. The van der Waals surface area contributed by atoms with Gasteiger partial charge in [0.15, 0.2) is 0 Å². The van der Waals surface area contributed by atoms with E-state index in [-0.39, 0.29) is 5.91 Å². The van der Waals surface area contributed by atoms with Gasteiger partial charge in [0.2, 0.25) is 0 Å². The Hall–Kier alpha value is -1.58. The molecule has 1 fully saturated rings. The van der Waals surface area contributed by atoms with Crippen LogP contribution in [0, 0.1) is 11.8 Å². The molecule has 1 aliphatic carbocycles. The first-order valence-electron chi connectivity index (χ1n) is 6.15. The lowest BCUT2D eigenvalue weighted by molar-refractivity contribution is 0.0942. The van der Waals surface area contributed by atoms with Gasteiger partial charge in [0.05, 0.1) is 11.9 Å². The molecule has 2 unspecified atom stereocenters. The summed E-state index contributed by atoms with van der Waals surface area (Å²) >= 11 is 0. The smallest absolute Gasteiger partial charge is 0.269 e. The van der Waals surface area contributed by atoms with Gasteiger partial charge in [-0.05, 0) is 36.8 Å². The van der Waals surface area contributed by atoms with E-state index in [4.69, 9.17) is 5.73 Å². The van der Waals surface area contributed by atoms with Crippen LogP contribution >= 0.6 is 0 Å². The van der Waals surface area contributed by atoms with Gasteiger partial charge in [-0.15, -0.1) is 0 Å². The maximum Gasteiger partial charge on any atom is 0.269 e. The van der Waals surface area contributed by atoms with Crippen molar-refractivity contribution in [1.82, 2.24) is 10.3 Å². The largest absolute Gasteiger partial charge is 0.397 e. The van der Waals surface area contributed by atoms with Gasteiger partial charge in [0.1, 0.15) is 5.69 Å². The van der Waals surface area contributed by atoms with Crippen molar-refractivity contribution in [3.8, 4) is 0 Å². The third-order valence-electron chi connectivity index (χ3n) is 3.37. The summed E-state index contributed by atoms with van der Waals surface area (Å²) in [6.45, 7) is 3.03. The van der Waals surface area contributed by atoms with Crippen molar-refractivity contribution in [1.29, 1.82) is 0 Å². The molecule has 4 nitrogen and oxygen atoms in total. The van der Waals surface area contributed by atoms with Crippen LogP contribution in [0.2, 0.25) is 0 Å². The van der Waals surface area contributed by atoms with Crippen molar-refractivity contribution < 1.29 is 4.79 Å². The first kappa shape index (κ1) is 11.9. The van der Waals surface area contributed by atoms with E-state index >= 15 is 0 Å². The van der Waals surface area contributed by atoms with Crippen molar-refractivity contribution in [3.63, 3.8) is 0 Å². The molecule has 0 aliphatic heterocycles. The fraction of sp³-hybridized carbons (Fsp3) is 0.538. The number of hydrogen-bond acceptors (Lipinski definition) is 3. The maximum atomic E-state index is 11.8. The van der Waals surface area contributed by atoms with Crippen LogP contribution in [0.1, 0.15) is 36.7 Å². The predicted octanol–water partition coefficient (Wildman–Crippen LogP) is 1.83. The molecule has 1 amide bonds. The van der Waals surface area contributed by atoms with Crippen LogP contribution in [-0.2, 0) is 0 Å². The van der Waals surface area contributed by atoms with Crippen molar-refractivity contribution in [2.24, 2.45) is 11.8 Å². The molecule has 92 valence electrons. The second-order valence-electron chi connectivity index (χ2n) is 4.97. The van der Waals surface area contributed by atoms with Gasteiger partial charge >= 0.3 is 0 Å². The molecule has 1 heterocycles. The highest BCUT2D eigenvalue weighted by atomic mass is 16.1. The molecule has 0 saturated heterocycles. The summed E-state index contributed by atoms with van der Waals surface area (Å²) in [5, 5.41) is 2.94. The fourth-order valence-corrected chi connectivity index (χ4v) is 2.38. The van der Waals surface area contributed by atoms with E-state index in [9.17, 15) is 4.79 Å². The number of aromatic nitrogens is 1. The topological polar surface area (TPSA) is 68.0 Å². The molecule has 0 spiro atoms. The van der Waals surface area contributed by atoms with Crippen LogP contribution in [0.15, 0.2) is 18.3 Å². The average Bonchev–Trinajstić information content (AvgIpc) is 2.73. The van der Waals surface area contributed by atoms with Crippen LogP contribution in [0.3, 0.4) is 0 Å². The van der Waals surface area contributed by atoms with E-state index < -0.39 is 0 Å². The molecular formula is C13H19N3O. The number of amides is 1. The van der Waals surface area contributed by atoms with Gasteiger partial charge in [-0.25, -0.2) is 4.98 Å². The minimum Gasteiger partial charge on any atom is -0.397 e. The number of hydrogen-bond donors (Lipinski definition) is 2. The summed E-state index contributed by atoms with van der Waals surface area (Å²) in [4.78, 5) is 15.8. The fourth-order valence-electron chi connectivity index (χ4n) is 2.38. The zero-order valence-corrected chi connectivity index (χ0v) is 10.1. The second-order valence-corrected chi connectivity index (χ2v) is 4.97. The van der Waals surface area contributed by atoms with Gasteiger partial charge in [-0.2, -0.15) is 0 Å². The lowest BCUT2D eigenvalue weighted by Crippen LogP contribution is -2.29. The van der Waals surface area contributed by atoms with E-state index in [1.54, 1.807) is 12.1 Å². The molecule has 3 N–H and O–H groups in total. The van der Waals surface area contributed by atoms with Crippen LogP contribution in [0.25, 0.3) is 0 Å². The first-order valence-corrected chi connectivity index (χ1v) is 6.15. The lowest BCUT2D eigenvalue weighted by atomic mass is 10.1. The summed E-state index contributed by atoms with van der Waals surface area (Å²) in [6.07, 6.45) is 5.22. The number of nitrogen functional groups attached to an aromatic ring is 1. The number of pyridine rings is 1. The molecule has 1 saturated carbocycles. The standard InChI is InChI=1S/C13H19N3O/c1-9-2-3-10(6-9)7-16-13(17)12-5-4-11(14)8-15-12/h4-5,8-10H,2-3,6-7,14H2,1H3,(H,16,17). The van der Waals surface area contributed by atoms with Crippen LogP contribution in [0.5, 0.6) is 0 Å². The first-order chi connectivity index (χ1) is 8.15. The lowest BCUT2D eigenvalue weighted by Gasteiger charge is -2.10.